The Morgan fingerprint density at radius 1 is 1.02 bits per heavy atom. The van der Waals surface area contributed by atoms with E-state index in [9.17, 15) is 5.11 Å². The van der Waals surface area contributed by atoms with Gasteiger partial charge in [-0.25, -0.2) is 4.98 Å². The largest absolute Gasteiger partial charge is 0.508 e. The fourth-order valence-electron chi connectivity index (χ4n) is 5.56. The second kappa shape index (κ2) is 17.5. The number of nitrogens with zero attached hydrogens (tertiary/aromatic N) is 5. The SMILES string of the molecule is CC.CN(C)CCNCCOc1nc(CN2CCN(C(C3=CCCC(Cl)C=C3)c3ccc(O)cc3)CC2)nc2ccccc12. The summed E-state index contributed by atoms with van der Waals surface area (Å²) < 4.78 is 6.15. The van der Waals surface area contributed by atoms with Crippen molar-refractivity contribution >= 4 is 22.5 Å². The minimum Gasteiger partial charge on any atom is -0.508 e. The van der Waals surface area contributed by atoms with Crippen LogP contribution >= 0.6 is 11.6 Å². The molecule has 2 heterocycles. The molecule has 3 aromatic rings. The van der Waals surface area contributed by atoms with Gasteiger partial charge in [0.2, 0.25) is 5.88 Å². The number of halogens is 1. The van der Waals surface area contributed by atoms with Gasteiger partial charge in [0, 0.05) is 45.8 Å². The third kappa shape index (κ3) is 9.74. The molecule has 8 nitrogen and oxygen atoms in total. The second-order valence-electron chi connectivity index (χ2n) is 11.3. The number of para-hydroxylation sites is 1. The van der Waals surface area contributed by atoms with Gasteiger partial charge in [0.1, 0.15) is 18.2 Å². The average molecular weight is 621 g/mol. The molecule has 1 aliphatic heterocycles. The molecule has 0 bridgehead atoms. The van der Waals surface area contributed by atoms with Gasteiger partial charge in [-0.2, -0.15) is 4.98 Å². The van der Waals surface area contributed by atoms with Gasteiger partial charge in [-0.15, -0.1) is 11.6 Å². The molecule has 0 radical (unpaired) electrons. The van der Waals surface area contributed by atoms with Gasteiger partial charge >= 0.3 is 0 Å². The Hall–Kier alpha value is -3.01. The monoisotopic (exact) mass is 620 g/mol. The number of fused-ring (bicyclic) bond motifs is 1. The maximum Gasteiger partial charge on any atom is 0.224 e. The first kappa shape index (κ1) is 33.9. The van der Waals surface area contributed by atoms with Crippen LogP contribution < -0.4 is 10.1 Å². The van der Waals surface area contributed by atoms with Crippen LogP contribution in [0.4, 0.5) is 0 Å². The lowest BCUT2D eigenvalue weighted by Crippen LogP contribution is -2.47. The molecule has 1 aliphatic carbocycles. The third-order valence-corrected chi connectivity index (χ3v) is 8.21. The van der Waals surface area contributed by atoms with E-state index in [1.165, 1.54) is 11.1 Å². The predicted molar refractivity (Wildman–Crippen MR) is 182 cm³/mol. The van der Waals surface area contributed by atoms with Crippen LogP contribution in [0.3, 0.4) is 0 Å². The van der Waals surface area contributed by atoms with E-state index >= 15 is 0 Å². The summed E-state index contributed by atoms with van der Waals surface area (Å²) in [5.74, 6) is 1.73. The molecule has 9 heteroatoms. The van der Waals surface area contributed by atoms with Gasteiger partial charge in [0.05, 0.1) is 28.9 Å². The third-order valence-electron chi connectivity index (χ3n) is 7.85. The highest BCUT2D eigenvalue weighted by Gasteiger charge is 2.28. The number of aromatic nitrogens is 2. The number of aromatic hydroxyl groups is 1. The molecule has 2 N–H and O–H groups in total. The molecule has 2 aromatic carbocycles. The highest BCUT2D eigenvalue weighted by atomic mass is 35.5. The minimum atomic E-state index is 0.0613. The lowest BCUT2D eigenvalue weighted by Gasteiger charge is -2.40. The maximum atomic E-state index is 9.91. The van der Waals surface area contributed by atoms with Crippen LogP contribution in [0.2, 0.25) is 0 Å². The molecule has 5 rings (SSSR count). The Labute approximate surface area is 268 Å². The van der Waals surface area contributed by atoms with Crippen molar-refractivity contribution in [2.45, 2.75) is 44.7 Å². The Kier molecular flexibility index (Phi) is 13.4. The van der Waals surface area contributed by atoms with E-state index in [0.717, 1.165) is 75.4 Å². The number of alkyl halides is 1. The number of rotatable bonds is 12. The van der Waals surface area contributed by atoms with Crippen molar-refractivity contribution in [3.05, 3.63) is 83.7 Å². The predicted octanol–water partition coefficient (Wildman–Crippen LogP) is 5.63. The first-order chi connectivity index (χ1) is 21.5. The summed E-state index contributed by atoms with van der Waals surface area (Å²) in [4.78, 5) is 16.9. The lowest BCUT2D eigenvalue weighted by molar-refractivity contribution is 0.102. The van der Waals surface area contributed by atoms with E-state index in [1.807, 2.05) is 50.2 Å². The van der Waals surface area contributed by atoms with Crippen LogP contribution in [-0.4, -0.2) is 102 Å². The van der Waals surface area contributed by atoms with E-state index in [4.69, 9.17) is 26.3 Å². The summed E-state index contributed by atoms with van der Waals surface area (Å²) in [5.41, 5.74) is 3.36. The van der Waals surface area contributed by atoms with E-state index < -0.39 is 0 Å². The molecule has 1 aromatic heterocycles. The molecule has 238 valence electrons. The van der Waals surface area contributed by atoms with E-state index in [2.05, 4.69) is 52.3 Å². The highest BCUT2D eigenvalue weighted by Crippen LogP contribution is 2.34. The van der Waals surface area contributed by atoms with Crippen LogP contribution in [-0.2, 0) is 6.54 Å². The van der Waals surface area contributed by atoms with Crippen molar-refractivity contribution < 1.29 is 9.84 Å². The highest BCUT2D eigenvalue weighted by molar-refractivity contribution is 6.21. The number of piperazine rings is 1. The molecular formula is C35H49ClN6O2. The molecule has 2 aliphatic rings. The second-order valence-corrected chi connectivity index (χ2v) is 11.9. The number of allylic oxidation sites excluding steroid dienone is 2. The summed E-state index contributed by atoms with van der Waals surface area (Å²) in [7, 11) is 4.15. The Morgan fingerprint density at radius 3 is 2.52 bits per heavy atom. The minimum absolute atomic E-state index is 0.0613. The quantitative estimate of drug-likeness (QED) is 0.199. The van der Waals surface area contributed by atoms with Crippen molar-refractivity contribution in [1.82, 2.24) is 30.0 Å². The summed E-state index contributed by atoms with van der Waals surface area (Å²) in [6, 6.07) is 15.8. The zero-order valence-corrected chi connectivity index (χ0v) is 27.5. The molecule has 0 spiro atoms. The number of nitrogens with one attached hydrogen (secondary N) is 1. The molecule has 1 fully saturated rings. The zero-order valence-electron chi connectivity index (χ0n) is 26.8. The molecule has 0 amide bonds. The molecule has 44 heavy (non-hydrogen) atoms. The number of hydrogen-bond acceptors (Lipinski definition) is 8. The number of benzene rings is 2. The average Bonchev–Trinajstić information content (AvgIpc) is 3.25. The van der Waals surface area contributed by atoms with E-state index in [0.29, 0.717) is 19.0 Å². The molecule has 2 unspecified atom stereocenters. The topological polar surface area (TPSA) is 77.0 Å². The van der Waals surface area contributed by atoms with Gasteiger partial charge in [-0.1, -0.05) is 56.3 Å². The van der Waals surface area contributed by atoms with Crippen LogP contribution in [0.25, 0.3) is 10.9 Å². The number of phenolic OH excluding ortho intramolecular Hbond substituents is 1. The molecule has 1 saturated heterocycles. The standard InChI is InChI=1S/C33H43ClN6O2.C2H6/c1-38(2)18-16-35-17-23-42-33-29-8-3-4-9-30(29)36-31(37-33)24-39-19-21-40(22-20-39)32(26-11-14-28(41)15-12-26)25-6-5-7-27(34)13-10-25;1-2/h3-4,6,8-15,27,32,35,41H,5,7,16-24H2,1-2H3;1-2H3. The van der Waals surface area contributed by atoms with Crippen molar-refractivity contribution in [2.75, 3.05) is 66.5 Å². The Morgan fingerprint density at radius 2 is 1.77 bits per heavy atom. The van der Waals surface area contributed by atoms with Crippen molar-refractivity contribution in [2.24, 2.45) is 0 Å². The van der Waals surface area contributed by atoms with E-state index in [-0.39, 0.29) is 17.2 Å². The van der Waals surface area contributed by atoms with Crippen molar-refractivity contribution in [1.29, 1.82) is 0 Å². The van der Waals surface area contributed by atoms with Crippen LogP contribution in [0.5, 0.6) is 11.6 Å². The Bertz CT molecular complexity index is 1360. The molecule has 2 atom stereocenters. The zero-order chi connectivity index (χ0) is 31.3. The van der Waals surface area contributed by atoms with Gasteiger partial charge in [0.15, 0.2) is 0 Å². The fraction of sp³-hybridized carbons (Fsp3) is 0.486. The van der Waals surface area contributed by atoms with Gasteiger partial charge in [0.25, 0.3) is 0 Å². The fourth-order valence-corrected chi connectivity index (χ4v) is 5.76. The summed E-state index contributed by atoms with van der Waals surface area (Å²) in [6.45, 7) is 11.6. The smallest absolute Gasteiger partial charge is 0.224 e. The van der Waals surface area contributed by atoms with E-state index in [1.54, 1.807) is 12.1 Å². The van der Waals surface area contributed by atoms with Crippen molar-refractivity contribution in [3.8, 4) is 11.6 Å². The van der Waals surface area contributed by atoms with Gasteiger partial charge in [-0.05, 0) is 62.3 Å². The van der Waals surface area contributed by atoms with Crippen LogP contribution in [0.1, 0.15) is 44.1 Å². The molecular weight excluding hydrogens is 572 g/mol. The Balaban J connectivity index is 0.00000216. The van der Waals surface area contributed by atoms with Gasteiger partial charge < -0.3 is 20.1 Å². The normalized spacial score (nSPS) is 18.4. The van der Waals surface area contributed by atoms with Crippen LogP contribution in [0, 0.1) is 0 Å². The summed E-state index contributed by atoms with van der Waals surface area (Å²) in [5, 5.41) is 14.3. The number of ether oxygens (including phenoxy) is 1. The molecule has 0 saturated carbocycles. The number of likely N-dealkylation sites (N-methyl/N-ethyl adjacent to an activating group) is 1. The lowest BCUT2D eigenvalue weighted by atomic mass is 9.95. The maximum absolute atomic E-state index is 9.91. The first-order valence-corrected chi connectivity index (χ1v) is 16.4. The van der Waals surface area contributed by atoms with Gasteiger partial charge in [-0.3, -0.25) is 9.80 Å². The summed E-state index contributed by atoms with van der Waals surface area (Å²) >= 11 is 6.45. The number of phenols is 1. The van der Waals surface area contributed by atoms with Crippen molar-refractivity contribution in [3.63, 3.8) is 0 Å². The first-order valence-electron chi connectivity index (χ1n) is 16.0. The number of hydrogen-bond donors (Lipinski definition) is 2. The van der Waals surface area contributed by atoms with Crippen LogP contribution in [0.15, 0.2) is 72.3 Å². The summed E-state index contributed by atoms with van der Waals surface area (Å²) in [6.07, 6.45) is 8.53.